The molecule has 0 amide bonds. The molecule has 20 heavy (non-hydrogen) atoms. The van der Waals surface area contributed by atoms with Crippen LogP contribution in [0.15, 0.2) is 48.5 Å². The van der Waals surface area contributed by atoms with E-state index in [1.54, 1.807) is 12.1 Å². The van der Waals surface area contributed by atoms with Crippen LogP contribution in [-0.4, -0.2) is 10.8 Å². The quantitative estimate of drug-likeness (QED) is 0.697. The number of carbonyl (C=O) groups is 1. The first kappa shape index (κ1) is 12.4. The molecular weight excluding hydrogens is 255 g/mol. The van der Waals surface area contributed by atoms with Gasteiger partial charge in [-0.3, -0.25) is 4.79 Å². The number of aromatic nitrogens is 1. The van der Waals surface area contributed by atoms with Crippen LogP contribution in [0, 0.1) is 5.82 Å². The molecule has 0 fully saturated rings. The van der Waals surface area contributed by atoms with Gasteiger partial charge in [0, 0.05) is 16.6 Å². The van der Waals surface area contributed by atoms with E-state index in [1.807, 2.05) is 24.3 Å². The molecular formula is C16H13FN2O. The van der Waals surface area contributed by atoms with Gasteiger partial charge in [0.2, 0.25) is 0 Å². The lowest BCUT2D eigenvalue weighted by Crippen LogP contribution is -1.98. The van der Waals surface area contributed by atoms with Gasteiger partial charge >= 0.3 is 0 Å². The maximum atomic E-state index is 12.9. The first-order valence-corrected chi connectivity index (χ1v) is 6.29. The largest absolute Gasteiger partial charge is 0.341 e. The number of fused-ring (bicyclic) bond motifs is 1. The molecule has 0 saturated carbocycles. The van der Waals surface area contributed by atoms with Crippen molar-refractivity contribution in [2.45, 2.75) is 6.92 Å². The van der Waals surface area contributed by atoms with Crippen LogP contribution in [0.4, 0.5) is 15.9 Å². The minimum atomic E-state index is -0.293. The van der Waals surface area contributed by atoms with Gasteiger partial charge in [0.15, 0.2) is 5.78 Å². The molecule has 0 unspecified atom stereocenters. The molecule has 0 aliphatic carbocycles. The van der Waals surface area contributed by atoms with E-state index >= 15 is 0 Å². The van der Waals surface area contributed by atoms with Crippen molar-refractivity contribution in [3.8, 4) is 0 Å². The molecule has 1 aromatic heterocycles. The molecule has 2 N–H and O–H groups in total. The van der Waals surface area contributed by atoms with Gasteiger partial charge < -0.3 is 10.3 Å². The highest BCUT2D eigenvalue weighted by Gasteiger charge is 2.15. The number of hydrogen-bond donors (Lipinski definition) is 2. The second kappa shape index (κ2) is 4.81. The summed E-state index contributed by atoms with van der Waals surface area (Å²) in [7, 11) is 0. The van der Waals surface area contributed by atoms with Crippen LogP contribution < -0.4 is 5.32 Å². The Morgan fingerprint density at radius 3 is 2.50 bits per heavy atom. The predicted octanol–water partition coefficient (Wildman–Crippen LogP) is 4.25. The first-order valence-electron chi connectivity index (χ1n) is 6.29. The third-order valence-corrected chi connectivity index (χ3v) is 3.17. The maximum absolute atomic E-state index is 12.9. The molecule has 1 heterocycles. The molecule has 0 aliphatic rings. The van der Waals surface area contributed by atoms with Crippen molar-refractivity contribution < 1.29 is 9.18 Å². The summed E-state index contributed by atoms with van der Waals surface area (Å²) in [6, 6.07) is 13.6. The van der Waals surface area contributed by atoms with Crippen molar-refractivity contribution in [3.05, 3.63) is 59.9 Å². The van der Waals surface area contributed by atoms with E-state index in [9.17, 15) is 9.18 Å². The summed E-state index contributed by atoms with van der Waals surface area (Å²) < 4.78 is 12.9. The Kier molecular flexibility index (Phi) is 2.99. The van der Waals surface area contributed by atoms with E-state index in [-0.39, 0.29) is 11.6 Å². The number of hydrogen-bond acceptors (Lipinski definition) is 2. The van der Waals surface area contributed by atoms with Gasteiger partial charge in [-0.1, -0.05) is 18.2 Å². The fourth-order valence-electron chi connectivity index (χ4n) is 2.28. The summed E-state index contributed by atoms with van der Waals surface area (Å²) in [6.07, 6.45) is 0. The van der Waals surface area contributed by atoms with E-state index in [0.717, 1.165) is 16.6 Å². The lowest BCUT2D eigenvalue weighted by Gasteiger charge is -2.06. The van der Waals surface area contributed by atoms with E-state index in [4.69, 9.17) is 0 Å². The average molecular weight is 268 g/mol. The molecule has 3 aromatic rings. The van der Waals surface area contributed by atoms with E-state index in [2.05, 4.69) is 10.3 Å². The average Bonchev–Trinajstić information content (AvgIpc) is 2.79. The van der Waals surface area contributed by atoms with Gasteiger partial charge in [0.25, 0.3) is 0 Å². The smallest absolute Gasteiger partial charge is 0.164 e. The Bertz CT molecular complexity index is 775. The number of carbonyl (C=O) groups excluding carboxylic acids is 1. The fraction of sp³-hybridized carbons (Fsp3) is 0.0625. The number of para-hydroxylation sites is 1. The van der Waals surface area contributed by atoms with Crippen molar-refractivity contribution in [1.29, 1.82) is 0 Å². The monoisotopic (exact) mass is 268 g/mol. The molecule has 0 aliphatic heterocycles. The number of benzene rings is 2. The number of aromatic amines is 1. The number of halogens is 1. The molecule has 100 valence electrons. The molecule has 0 saturated heterocycles. The standard InChI is InChI=1S/C16H13FN2O/c1-10(20)15-13-4-2-3-5-14(13)19-16(15)18-12-8-6-11(17)7-9-12/h2-9,18-19H,1H3. The van der Waals surface area contributed by atoms with Crippen molar-refractivity contribution >= 4 is 28.2 Å². The van der Waals surface area contributed by atoms with Crippen molar-refractivity contribution in [2.24, 2.45) is 0 Å². The Hall–Kier alpha value is -2.62. The van der Waals surface area contributed by atoms with Gasteiger partial charge in [0.05, 0.1) is 5.56 Å². The SMILES string of the molecule is CC(=O)c1c(Nc2ccc(F)cc2)[nH]c2ccccc12. The van der Waals surface area contributed by atoms with Crippen molar-refractivity contribution in [2.75, 3.05) is 5.32 Å². The summed E-state index contributed by atoms with van der Waals surface area (Å²) in [6.45, 7) is 1.53. The zero-order valence-electron chi connectivity index (χ0n) is 10.9. The summed E-state index contributed by atoms with van der Waals surface area (Å²) in [5, 5.41) is 4.01. The molecule has 2 aromatic carbocycles. The number of Topliss-reactive ketones (excluding diaryl/α,β-unsaturated/α-hetero) is 1. The molecule has 0 spiro atoms. The second-order valence-corrected chi connectivity index (χ2v) is 4.61. The molecule has 3 rings (SSSR count). The summed E-state index contributed by atoms with van der Waals surface area (Å²) in [4.78, 5) is 15.0. The Morgan fingerprint density at radius 2 is 1.80 bits per heavy atom. The fourth-order valence-corrected chi connectivity index (χ4v) is 2.28. The molecule has 0 atom stereocenters. The van der Waals surface area contributed by atoms with E-state index in [0.29, 0.717) is 11.4 Å². The molecule has 4 heteroatoms. The second-order valence-electron chi connectivity index (χ2n) is 4.61. The van der Waals surface area contributed by atoms with Gasteiger partial charge in [0.1, 0.15) is 11.6 Å². The molecule has 0 radical (unpaired) electrons. The Morgan fingerprint density at radius 1 is 1.10 bits per heavy atom. The maximum Gasteiger partial charge on any atom is 0.164 e. The van der Waals surface area contributed by atoms with Gasteiger partial charge in [-0.25, -0.2) is 4.39 Å². The van der Waals surface area contributed by atoms with E-state index < -0.39 is 0 Å². The number of rotatable bonds is 3. The van der Waals surface area contributed by atoms with Crippen LogP contribution in [0.2, 0.25) is 0 Å². The van der Waals surface area contributed by atoms with Gasteiger partial charge in [-0.15, -0.1) is 0 Å². The zero-order chi connectivity index (χ0) is 14.1. The Balaban J connectivity index is 2.08. The van der Waals surface area contributed by atoms with Crippen LogP contribution >= 0.6 is 0 Å². The molecule has 0 bridgehead atoms. The normalized spacial score (nSPS) is 10.7. The lowest BCUT2D eigenvalue weighted by atomic mass is 10.1. The number of anilines is 2. The third-order valence-electron chi connectivity index (χ3n) is 3.17. The zero-order valence-corrected chi connectivity index (χ0v) is 10.9. The van der Waals surface area contributed by atoms with Crippen LogP contribution in [0.3, 0.4) is 0 Å². The highest BCUT2D eigenvalue weighted by Crippen LogP contribution is 2.28. The minimum absolute atomic E-state index is 0.0212. The summed E-state index contributed by atoms with van der Waals surface area (Å²) in [5.41, 5.74) is 2.23. The van der Waals surface area contributed by atoms with Crippen LogP contribution in [-0.2, 0) is 0 Å². The lowest BCUT2D eigenvalue weighted by molar-refractivity contribution is 0.102. The van der Waals surface area contributed by atoms with Crippen LogP contribution in [0.1, 0.15) is 17.3 Å². The number of H-pyrrole nitrogens is 1. The summed E-state index contributed by atoms with van der Waals surface area (Å²) >= 11 is 0. The number of nitrogens with one attached hydrogen (secondary N) is 2. The first-order chi connectivity index (χ1) is 9.65. The highest BCUT2D eigenvalue weighted by atomic mass is 19.1. The number of ketones is 1. The van der Waals surface area contributed by atoms with E-state index in [1.165, 1.54) is 19.1 Å². The van der Waals surface area contributed by atoms with Crippen molar-refractivity contribution in [1.82, 2.24) is 4.98 Å². The van der Waals surface area contributed by atoms with Gasteiger partial charge in [-0.2, -0.15) is 0 Å². The van der Waals surface area contributed by atoms with Crippen molar-refractivity contribution in [3.63, 3.8) is 0 Å². The predicted molar refractivity (Wildman–Crippen MR) is 78.0 cm³/mol. The van der Waals surface area contributed by atoms with Crippen LogP contribution in [0.25, 0.3) is 10.9 Å². The topological polar surface area (TPSA) is 44.9 Å². The minimum Gasteiger partial charge on any atom is -0.341 e. The molecule has 3 nitrogen and oxygen atoms in total. The third kappa shape index (κ3) is 2.16. The van der Waals surface area contributed by atoms with Gasteiger partial charge in [-0.05, 0) is 37.3 Å². The summed E-state index contributed by atoms with van der Waals surface area (Å²) in [5.74, 6) is 0.316. The Labute approximate surface area is 115 Å². The highest BCUT2D eigenvalue weighted by molar-refractivity contribution is 6.12. The van der Waals surface area contributed by atoms with Crippen LogP contribution in [0.5, 0.6) is 0 Å².